The standard InChI is InChI=1S/C22H27NO8/c24-11-16-18(26)19(27)20(28)22(31-16)30-12-15(17(25)13-7-3-1-4-8-13)23-21(29)14-9-5-2-6-10-14/h1-10,15-20,22,24-28H,11-12H2,(H,23,29)/t15-,16+,17+,18-,19-,20-,22+/m1/s1. The lowest BCUT2D eigenvalue weighted by atomic mass is 9.99. The van der Waals surface area contributed by atoms with Crippen LogP contribution in [0.4, 0.5) is 0 Å². The molecular weight excluding hydrogens is 406 g/mol. The van der Waals surface area contributed by atoms with Crippen molar-refractivity contribution in [1.29, 1.82) is 0 Å². The highest BCUT2D eigenvalue weighted by molar-refractivity contribution is 5.94. The van der Waals surface area contributed by atoms with Gasteiger partial charge >= 0.3 is 0 Å². The summed E-state index contributed by atoms with van der Waals surface area (Å²) in [4.78, 5) is 12.6. The van der Waals surface area contributed by atoms with Crippen molar-refractivity contribution >= 4 is 5.91 Å². The van der Waals surface area contributed by atoms with E-state index < -0.39 is 55.4 Å². The first-order valence-electron chi connectivity index (χ1n) is 9.93. The predicted octanol–water partition coefficient (Wildman–Crippen LogP) is -0.665. The molecule has 1 heterocycles. The van der Waals surface area contributed by atoms with Crippen molar-refractivity contribution in [3.05, 3.63) is 71.8 Å². The zero-order valence-corrected chi connectivity index (χ0v) is 16.7. The number of aliphatic hydroxyl groups excluding tert-OH is 5. The van der Waals surface area contributed by atoms with Gasteiger partial charge in [0.15, 0.2) is 6.29 Å². The van der Waals surface area contributed by atoms with Crippen molar-refractivity contribution in [1.82, 2.24) is 5.32 Å². The van der Waals surface area contributed by atoms with Crippen LogP contribution in [0.5, 0.6) is 0 Å². The summed E-state index contributed by atoms with van der Waals surface area (Å²) in [6, 6.07) is 16.2. The van der Waals surface area contributed by atoms with Gasteiger partial charge in [-0.15, -0.1) is 0 Å². The second-order valence-corrected chi connectivity index (χ2v) is 7.33. The van der Waals surface area contributed by atoms with E-state index in [9.17, 15) is 30.3 Å². The molecule has 9 nitrogen and oxygen atoms in total. The number of carbonyl (C=O) groups is 1. The minimum Gasteiger partial charge on any atom is -0.394 e. The minimum absolute atomic E-state index is 0.280. The van der Waals surface area contributed by atoms with Gasteiger partial charge in [0.1, 0.15) is 30.5 Å². The molecule has 1 saturated heterocycles. The van der Waals surface area contributed by atoms with Crippen LogP contribution < -0.4 is 5.32 Å². The van der Waals surface area contributed by atoms with Crippen LogP contribution in [0.1, 0.15) is 22.0 Å². The Kier molecular flexibility index (Phi) is 8.10. The van der Waals surface area contributed by atoms with Crippen LogP contribution in [0.25, 0.3) is 0 Å². The van der Waals surface area contributed by atoms with Crippen LogP contribution in [0.15, 0.2) is 60.7 Å². The molecule has 9 heteroatoms. The Labute approximate surface area is 179 Å². The first kappa shape index (κ1) is 23.3. The summed E-state index contributed by atoms with van der Waals surface area (Å²) in [5.74, 6) is -0.432. The van der Waals surface area contributed by atoms with Crippen molar-refractivity contribution in [3.8, 4) is 0 Å². The molecule has 0 bridgehead atoms. The number of ether oxygens (including phenoxy) is 2. The number of amides is 1. The smallest absolute Gasteiger partial charge is 0.251 e. The second kappa shape index (κ2) is 10.8. The molecule has 1 aliphatic rings. The number of benzene rings is 2. The number of nitrogens with one attached hydrogen (secondary N) is 1. The summed E-state index contributed by atoms with van der Waals surface area (Å²) in [5, 5.41) is 52.8. The number of hydrogen-bond acceptors (Lipinski definition) is 8. The van der Waals surface area contributed by atoms with Crippen LogP contribution in [-0.4, -0.2) is 81.4 Å². The normalized spacial score (nSPS) is 28.0. The van der Waals surface area contributed by atoms with Gasteiger partial charge < -0.3 is 40.3 Å². The van der Waals surface area contributed by atoms with E-state index in [1.54, 1.807) is 60.7 Å². The largest absolute Gasteiger partial charge is 0.394 e. The van der Waals surface area contributed by atoms with E-state index in [0.29, 0.717) is 11.1 Å². The Balaban J connectivity index is 1.74. The summed E-state index contributed by atoms with van der Waals surface area (Å²) >= 11 is 0. The van der Waals surface area contributed by atoms with Crippen molar-refractivity contribution in [2.75, 3.05) is 13.2 Å². The van der Waals surface area contributed by atoms with E-state index in [4.69, 9.17) is 9.47 Å². The molecule has 2 aromatic rings. The molecule has 1 amide bonds. The van der Waals surface area contributed by atoms with Crippen molar-refractivity contribution in [3.63, 3.8) is 0 Å². The summed E-state index contributed by atoms with van der Waals surface area (Å²) in [7, 11) is 0. The van der Waals surface area contributed by atoms with Gasteiger partial charge in [-0.2, -0.15) is 0 Å². The maximum Gasteiger partial charge on any atom is 0.251 e. The van der Waals surface area contributed by atoms with E-state index >= 15 is 0 Å². The summed E-state index contributed by atoms with van der Waals surface area (Å²) < 4.78 is 10.9. The van der Waals surface area contributed by atoms with Crippen molar-refractivity contribution in [2.45, 2.75) is 42.9 Å². The quantitative estimate of drug-likeness (QED) is 0.321. The Morgan fingerprint density at radius 2 is 1.58 bits per heavy atom. The van der Waals surface area contributed by atoms with Gasteiger partial charge in [-0.25, -0.2) is 0 Å². The van der Waals surface area contributed by atoms with E-state index in [1.807, 2.05) is 0 Å². The molecule has 2 aromatic carbocycles. The molecule has 7 atom stereocenters. The molecule has 168 valence electrons. The lowest BCUT2D eigenvalue weighted by Gasteiger charge is -2.40. The van der Waals surface area contributed by atoms with Crippen LogP contribution in [0, 0.1) is 0 Å². The van der Waals surface area contributed by atoms with Crippen LogP contribution >= 0.6 is 0 Å². The number of rotatable bonds is 8. The highest BCUT2D eigenvalue weighted by atomic mass is 16.7. The number of carbonyl (C=O) groups excluding carboxylic acids is 1. The second-order valence-electron chi connectivity index (χ2n) is 7.33. The lowest BCUT2D eigenvalue weighted by Crippen LogP contribution is -2.59. The Morgan fingerprint density at radius 1 is 0.968 bits per heavy atom. The number of hydrogen-bond donors (Lipinski definition) is 6. The van der Waals surface area contributed by atoms with Gasteiger partial charge in [-0.1, -0.05) is 48.5 Å². The minimum atomic E-state index is -1.59. The average Bonchev–Trinajstić information content (AvgIpc) is 2.81. The van der Waals surface area contributed by atoms with Gasteiger partial charge in [-0.05, 0) is 17.7 Å². The van der Waals surface area contributed by atoms with Gasteiger partial charge in [0.05, 0.1) is 19.3 Å². The van der Waals surface area contributed by atoms with E-state index in [2.05, 4.69) is 5.32 Å². The predicted molar refractivity (Wildman–Crippen MR) is 109 cm³/mol. The topological polar surface area (TPSA) is 149 Å². The third kappa shape index (κ3) is 5.66. The zero-order chi connectivity index (χ0) is 22.4. The average molecular weight is 433 g/mol. The van der Waals surface area contributed by atoms with Crippen molar-refractivity contribution in [2.24, 2.45) is 0 Å². The van der Waals surface area contributed by atoms with Crippen LogP contribution in [0.2, 0.25) is 0 Å². The fraction of sp³-hybridized carbons (Fsp3) is 0.409. The van der Waals surface area contributed by atoms with Gasteiger partial charge in [-0.3, -0.25) is 4.79 Å². The highest BCUT2D eigenvalue weighted by Crippen LogP contribution is 2.24. The van der Waals surface area contributed by atoms with Crippen molar-refractivity contribution < 1.29 is 39.8 Å². The molecule has 1 fully saturated rings. The van der Waals surface area contributed by atoms with Gasteiger partial charge in [0.2, 0.25) is 0 Å². The summed E-state index contributed by atoms with van der Waals surface area (Å²) in [6.45, 7) is -0.872. The third-order valence-electron chi connectivity index (χ3n) is 5.16. The Bertz CT molecular complexity index is 819. The molecular formula is C22H27NO8. The Morgan fingerprint density at radius 3 is 2.19 bits per heavy atom. The molecule has 0 unspecified atom stereocenters. The molecule has 0 radical (unpaired) electrons. The fourth-order valence-electron chi connectivity index (χ4n) is 3.34. The molecule has 0 spiro atoms. The maximum absolute atomic E-state index is 12.6. The molecule has 6 N–H and O–H groups in total. The molecule has 0 saturated carbocycles. The first-order valence-corrected chi connectivity index (χ1v) is 9.93. The van der Waals surface area contributed by atoms with Crippen LogP contribution in [0.3, 0.4) is 0 Å². The third-order valence-corrected chi connectivity index (χ3v) is 5.16. The SMILES string of the molecule is O=C(N[C@H](CO[C@H]1O[C@@H](CO)[C@@H](O)[C@@H](O)[C@H]1O)[C@@H](O)c1ccccc1)c1ccccc1. The molecule has 3 rings (SSSR count). The van der Waals surface area contributed by atoms with Crippen LogP contribution in [-0.2, 0) is 9.47 Å². The van der Waals surface area contributed by atoms with Gasteiger partial charge in [0, 0.05) is 5.56 Å². The monoisotopic (exact) mass is 433 g/mol. The fourth-order valence-corrected chi connectivity index (χ4v) is 3.34. The summed E-state index contributed by atoms with van der Waals surface area (Å²) in [5.41, 5.74) is 0.930. The van der Waals surface area contributed by atoms with Gasteiger partial charge in [0.25, 0.3) is 5.91 Å². The lowest BCUT2D eigenvalue weighted by molar-refractivity contribution is -0.302. The zero-order valence-electron chi connectivity index (χ0n) is 16.7. The first-order chi connectivity index (χ1) is 14.9. The molecule has 1 aliphatic heterocycles. The molecule has 0 aromatic heterocycles. The van der Waals surface area contributed by atoms with E-state index in [-0.39, 0.29) is 6.61 Å². The molecule has 0 aliphatic carbocycles. The number of aliphatic hydroxyl groups is 5. The highest BCUT2D eigenvalue weighted by Gasteiger charge is 2.44. The summed E-state index contributed by atoms with van der Waals surface area (Å²) in [6.07, 6.45) is -8.33. The maximum atomic E-state index is 12.6. The Hall–Kier alpha value is -2.37. The molecule has 31 heavy (non-hydrogen) atoms. The van der Waals surface area contributed by atoms with E-state index in [1.165, 1.54) is 0 Å². The van der Waals surface area contributed by atoms with E-state index in [0.717, 1.165) is 0 Å².